The van der Waals surface area contributed by atoms with Gasteiger partial charge in [0.05, 0.1) is 5.60 Å². The molecule has 0 saturated carbocycles. The Labute approximate surface area is 124 Å². The summed E-state index contributed by atoms with van der Waals surface area (Å²) in [5, 5.41) is 11.8. The first-order valence-electron chi connectivity index (χ1n) is 6.45. The lowest BCUT2D eigenvalue weighted by Crippen LogP contribution is -2.47. The summed E-state index contributed by atoms with van der Waals surface area (Å²) >= 11 is 5.78. The molecule has 1 fully saturated rings. The fraction of sp³-hybridized carbons (Fsp3) is 0.429. The Kier molecular flexibility index (Phi) is 4.54. The van der Waals surface area contributed by atoms with E-state index in [2.05, 4.69) is 0 Å². The molecule has 1 aromatic carbocycles. The standard InChI is InChI=1S/C14H18ClNO3S/c1-14(17)8-2-9-16(11-14)20(18,19)10-7-12-3-5-13(15)6-4-12/h3-7,10,17H,2,8-9,11H2,1H3/b10-7+. The van der Waals surface area contributed by atoms with Crippen LogP contribution < -0.4 is 0 Å². The highest BCUT2D eigenvalue weighted by Crippen LogP contribution is 2.23. The molecule has 0 aliphatic carbocycles. The normalized spacial score (nSPS) is 25.1. The van der Waals surface area contributed by atoms with Crippen molar-refractivity contribution < 1.29 is 13.5 Å². The second kappa shape index (κ2) is 5.85. The lowest BCUT2D eigenvalue weighted by atomic mass is 9.97. The zero-order valence-electron chi connectivity index (χ0n) is 11.3. The topological polar surface area (TPSA) is 57.6 Å². The number of nitrogens with zero attached hydrogens (tertiary/aromatic N) is 1. The summed E-state index contributed by atoms with van der Waals surface area (Å²) in [6.45, 7) is 2.25. The number of sulfonamides is 1. The predicted octanol–water partition coefficient (Wildman–Crippen LogP) is 2.49. The van der Waals surface area contributed by atoms with Crippen LogP contribution in [0.3, 0.4) is 0 Å². The van der Waals surface area contributed by atoms with Gasteiger partial charge in [0.15, 0.2) is 0 Å². The summed E-state index contributed by atoms with van der Waals surface area (Å²) in [5.74, 6) is 0. The van der Waals surface area contributed by atoms with E-state index >= 15 is 0 Å². The number of rotatable bonds is 3. The Morgan fingerprint density at radius 2 is 2.00 bits per heavy atom. The van der Waals surface area contributed by atoms with Gasteiger partial charge in [0.1, 0.15) is 0 Å². The average molecular weight is 316 g/mol. The third-order valence-corrected chi connectivity index (χ3v) is 5.07. The van der Waals surface area contributed by atoms with Crippen molar-refractivity contribution in [2.24, 2.45) is 0 Å². The largest absolute Gasteiger partial charge is 0.389 e. The van der Waals surface area contributed by atoms with Crippen LogP contribution in [-0.4, -0.2) is 36.5 Å². The summed E-state index contributed by atoms with van der Waals surface area (Å²) < 4.78 is 25.8. The minimum atomic E-state index is -3.50. The Balaban J connectivity index is 2.12. The number of hydrogen-bond donors (Lipinski definition) is 1. The van der Waals surface area contributed by atoms with Crippen molar-refractivity contribution in [3.8, 4) is 0 Å². The van der Waals surface area contributed by atoms with Gasteiger partial charge in [-0.3, -0.25) is 0 Å². The van der Waals surface area contributed by atoms with Gasteiger partial charge in [-0.15, -0.1) is 0 Å². The number of hydrogen-bond acceptors (Lipinski definition) is 3. The van der Waals surface area contributed by atoms with E-state index in [4.69, 9.17) is 11.6 Å². The zero-order chi connectivity index (χ0) is 14.8. The summed E-state index contributed by atoms with van der Waals surface area (Å²) in [7, 11) is -3.50. The van der Waals surface area contributed by atoms with E-state index in [0.29, 0.717) is 24.4 Å². The Bertz CT molecular complexity index is 593. The summed E-state index contributed by atoms with van der Waals surface area (Å²) in [6, 6.07) is 6.92. The average Bonchev–Trinajstić information content (AvgIpc) is 2.37. The maximum atomic E-state index is 12.2. The second-order valence-corrected chi connectivity index (χ2v) is 7.59. The van der Waals surface area contributed by atoms with Gasteiger partial charge >= 0.3 is 0 Å². The first-order valence-corrected chi connectivity index (χ1v) is 8.33. The predicted molar refractivity (Wildman–Crippen MR) is 80.8 cm³/mol. The van der Waals surface area contributed by atoms with E-state index in [9.17, 15) is 13.5 Å². The van der Waals surface area contributed by atoms with Crippen LogP contribution in [0.4, 0.5) is 0 Å². The van der Waals surface area contributed by atoms with Gasteiger partial charge in [0.25, 0.3) is 0 Å². The summed E-state index contributed by atoms with van der Waals surface area (Å²) in [5.41, 5.74) is -0.180. The molecule has 0 spiro atoms. The molecule has 0 aromatic heterocycles. The van der Waals surface area contributed by atoms with Crippen LogP contribution in [0.2, 0.25) is 5.02 Å². The molecular weight excluding hydrogens is 298 g/mol. The van der Waals surface area contributed by atoms with Gasteiger partial charge in [-0.2, -0.15) is 4.31 Å². The molecule has 1 heterocycles. The molecule has 1 unspecified atom stereocenters. The Morgan fingerprint density at radius 1 is 1.35 bits per heavy atom. The maximum absolute atomic E-state index is 12.2. The molecule has 1 aliphatic rings. The van der Waals surface area contributed by atoms with Crippen molar-refractivity contribution in [1.82, 2.24) is 4.31 Å². The molecule has 6 heteroatoms. The van der Waals surface area contributed by atoms with Crippen LogP contribution in [0.1, 0.15) is 25.3 Å². The van der Waals surface area contributed by atoms with E-state index in [1.54, 1.807) is 31.2 Å². The number of aliphatic hydroxyl groups is 1. The number of halogens is 1. The minimum Gasteiger partial charge on any atom is -0.389 e. The SMILES string of the molecule is CC1(O)CCCN(S(=O)(=O)/C=C/c2ccc(Cl)cc2)C1. The summed E-state index contributed by atoms with van der Waals surface area (Å²) in [6.07, 6.45) is 2.83. The minimum absolute atomic E-state index is 0.139. The van der Waals surface area contributed by atoms with Crippen molar-refractivity contribution in [2.75, 3.05) is 13.1 Å². The molecule has 20 heavy (non-hydrogen) atoms. The Morgan fingerprint density at radius 3 is 2.60 bits per heavy atom. The van der Waals surface area contributed by atoms with E-state index in [0.717, 1.165) is 5.56 Å². The summed E-state index contributed by atoms with van der Waals surface area (Å²) in [4.78, 5) is 0. The lowest BCUT2D eigenvalue weighted by molar-refractivity contribution is 0.00975. The third-order valence-electron chi connectivity index (χ3n) is 3.30. The molecule has 110 valence electrons. The Hall–Kier alpha value is -0.880. The zero-order valence-corrected chi connectivity index (χ0v) is 12.9. The van der Waals surface area contributed by atoms with Crippen molar-refractivity contribution in [3.63, 3.8) is 0 Å². The van der Waals surface area contributed by atoms with Gasteiger partial charge in [-0.25, -0.2) is 8.42 Å². The molecule has 0 amide bonds. The van der Waals surface area contributed by atoms with Crippen molar-refractivity contribution in [1.29, 1.82) is 0 Å². The lowest BCUT2D eigenvalue weighted by Gasteiger charge is -2.35. The molecule has 4 nitrogen and oxygen atoms in total. The first-order chi connectivity index (χ1) is 9.28. The smallest absolute Gasteiger partial charge is 0.236 e. The highest BCUT2D eigenvalue weighted by molar-refractivity contribution is 7.92. The van der Waals surface area contributed by atoms with Crippen LogP contribution in [0.25, 0.3) is 6.08 Å². The molecule has 1 saturated heterocycles. The molecular formula is C14H18ClNO3S. The van der Waals surface area contributed by atoms with Crippen LogP contribution in [0.5, 0.6) is 0 Å². The molecule has 1 N–H and O–H groups in total. The number of benzene rings is 1. The highest BCUT2D eigenvalue weighted by Gasteiger charge is 2.33. The van der Waals surface area contributed by atoms with Crippen molar-refractivity contribution in [3.05, 3.63) is 40.3 Å². The first kappa shape index (κ1) is 15.5. The number of piperidine rings is 1. The fourth-order valence-corrected chi connectivity index (χ4v) is 3.68. The van der Waals surface area contributed by atoms with Gasteiger partial charge in [-0.05, 0) is 43.5 Å². The maximum Gasteiger partial charge on any atom is 0.236 e. The van der Waals surface area contributed by atoms with Crippen LogP contribution in [0, 0.1) is 0 Å². The molecule has 2 rings (SSSR count). The van der Waals surface area contributed by atoms with Crippen molar-refractivity contribution in [2.45, 2.75) is 25.4 Å². The van der Waals surface area contributed by atoms with Gasteiger partial charge in [0.2, 0.25) is 10.0 Å². The van der Waals surface area contributed by atoms with Gasteiger partial charge in [-0.1, -0.05) is 23.7 Å². The van der Waals surface area contributed by atoms with Gasteiger partial charge in [0, 0.05) is 23.5 Å². The van der Waals surface area contributed by atoms with E-state index < -0.39 is 15.6 Å². The fourth-order valence-electron chi connectivity index (χ4n) is 2.22. The highest BCUT2D eigenvalue weighted by atomic mass is 35.5. The molecule has 1 atom stereocenters. The monoisotopic (exact) mass is 315 g/mol. The van der Waals surface area contributed by atoms with Crippen LogP contribution in [-0.2, 0) is 10.0 Å². The molecule has 0 radical (unpaired) electrons. The second-order valence-electron chi connectivity index (χ2n) is 5.33. The quantitative estimate of drug-likeness (QED) is 0.932. The van der Waals surface area contributed by atoms with E-state index in [1.807, 2.05) is 0 Å². The van der Waals surface area contributed by atoms with E-state index in [1.165, 1.54) is 15.8 Å². The van der Waals surface area contributed by atoms with Gasteiger partial charge < -0.3 is 5.11 Å². The number of β-amino-alcohol motifs (C(OH)–C–C–N with tert-alkyl or cyclic N) is 1. The van der Waals surface area contributed by atoms with Crippen LogP contribution >= 0.6 is 11.6 Å². The van der Waals surface area contributed by atoms with Crippen LogP contribution in [0.15, 0.2) is 29.7 Å². The van der Waals surface area contributed by atoms with E-state index in [-0.39, 0.29) is 6.54 Å². The third kappa shape index (κ3) is 4.06. The van der Waals surface area contributed by atoms with Crippen molar-refractivity contribution >= 4 is 27.7 Å². The molecule has 0 bridgehead atoms. The molecule has 1 aliphatic heterocycles. The molecule has 1 aromatic rings.